The predicted octanol–water partition coefficient (Wildman–Crippen LogP) is 0.950. The fourth-order valence-corrected chi connectivity index (χ4v) is 2.14. The molecule has 1 heterocycles. The first-order valence-electron chi connectivity index (χ1n) is 5.50. The second-order valence-electron chi connectivity index (χ2n) is 4.74. The van der Waals surface area contributed by atoms with E-state index in [2.05, 4.69) is 10.2 Å². The first kappa shape index (κ1) is 13.7. The molecule has 0 saturated carbocycles. The van der Waals surface area contributed by atoms with Crippen molar-refractivity contribution < 1.29 is 13.2 Å². The number of alkyl halides is 3. The smallest absolute Gasteiger partial charge is 0.329 e. The molecule has 0 spiro atoms. The Hall–Kier alpha value is -0.330. The van der Waals surface area contributed by atoms with Crippen molar-refractivity contribution in [2.75, 3.05) is 26.7 Å². The summed E-state index contributed by atoms with van der Waals surface area (Å²) in [6.07, 6.45) is -2.84. The van der Waals surface area contributed by atoms with Gasteiger partial charge in [0.05, 0.1) is 6.54 Å². The van der Waals surface area contributed by atoms with E-state index in [9.17, 15) is 13.2 Å². The van der Waals surface area contributed by atoms with Gasteiger partial charge in [0, 0.05) is 18.1 Å². The molecule has 0 radical (unpaired) electrons. The molecule has 1 aliphatic rings. The van der Waals surface area contributed by atoms with Crippen LogP contribution in [-0.4, -0.2) is 49.3 Å². The highest BCUT2D eigenvalue weighted by Crippen LogP contribution is 2.26. The van der Waals surface area contributed by atoms with Gasteiger partial charge in [0.25, 0.3) is 0 Å². The van der Waals surface area contributed by atoms with Crippen molar-refractivity contribution in [2.45, 2.75) is 37.5 Å². The summed E-state index contributed by atoms with van der Waals surface area (Å²) in [6, 6.07) is 0.262. The Morgan fingerprint density at radius 3 is 2.56 bits per heavy atom. The largest absolute Gasteiger partial charge is 0.401 e. The first-order valence-corrected chi connectivity index (χ1v) is 5.50. The maximum absolute atomic E-state index is 12.2. The molecular weight excluding hydrogens is 219 g/mol. The molecule has 2 unspecified atom stereocenters. The number of hydrogen-bond acceptors (Lipinski definition) is 3. The molecule has 1 saturated heterocycles. The van der Waals surface area contributed by atoms with Crippen molar-refractivity contribution in [1.29, 1.82) is 0 Å². The Morgan fingerprint density at radius 2 is 2.12 bits per heavy atom. The Bertz CT molecular complexity index is 232. The van der Waals surface area contributed by atoms with E-state index in [4.69, 9.17) is 5.73 Å². The van der Waals surface area contributed by atoms with E-state index >= 15 is 0 Å². The molecule has 0 amide bonds. The minimum absolute atomic E-state index is 0.251. The van der Waals surface area contributed by atoms with Gasteiger partial charge in [-0.3, -0.25) is 0 Å². The maximum Gasteiger partial charge on any atom is 0.401 e. The lowest BCUT2D eigenvalue weighted by molar-refractivity contribution is -0.130. The molecule has 0 aromatic carbocycles. The Morgan fingerprint density at radius 1 is 1.50 bits per heavy atom. The fraction of sp³-hybridized carbons (Fsp3) is 1.00. The summed E-state index contributed by atoms with van der Waals surface area (Å²) in [7, 11) is 1.98. The molecular formula is C10H20F3N3. The lowest BCUT2D eigenvalue weighted by atomic mass is 9.84. The van der Waals surface area contributed by atoms with E-state index in [1.807, 2.05) is 14.0 Å². The van der Waals surface area contributed by atoms with E-state index < -0.39 is 18.3 Å². The number of nitrogens with one attached hydrogen (secondary N) is 1. The quantitative estimate of drug-likeness (QED) is 0.770. The molecule has 1 rings (SSSR count). The van der Waals surface area contributed by atoms with Crippen molar-refractivity contribution in [3.63, 3.8) is 0 Å². The zero-order valence-electron chi connectivity index (χ0n) is 9.77. The minimum atomic E-state index is -4.17. The van der Waals surface area contributed by atoms with Gasteiger partial charge < -0.3 is 16.0 Å². The zero-order chi connectivity index (χ0) is 12.4. The predicted molar refractivity (Wildman–Crippen MR) is 57.2 cm³/mol. The SMILES string of the molecule is CC1CC(CN)(NCC(F)(F)F)CCN1C. The van der Waals surface area contributed by atoms with Crippen LogP contribution in [0.1, 0.15) is 19.8 Å². The number of rotatable bonds is 3. The van der Waals surface area contributed by atoms with Crippen LogP contribution in [-0.2, 0) is 0 Å². The standard InChI is InChI=1S/C10H20F3N3/c1-8-5-9(6-14,3-4-16(8)2)15-7-10(11,12)13/h8,15H,3-7,14H2,1-2H3. The normalized spacial score (nSPS) is 33.0. The summed E-state index contributed by atoms with van der Waals surface area (Å²) in [5.41, 5.74) is 5.07. The highest BCUT2D eigenvalue weighted by molar-refractivity contribution is 4.97. The van der Waals surface area contributed by atoms with Gasteiger partial charge in [-0.05, 0) is 33.4 Å². The topological polar surface area (TPSA) is 41.3 Å². The second kappa shape index (κ2) is 4.89. The third-order valence-corrected chi connectivity index (χ3v) is 3.44. The number of likely N-dealkylation sites (tertiary alicyclic amines) is 1. The summed E-state index contributed by atoms with van der Waals surface area (Å²) in [5, 5.41) is 2.60. The number of halogens is 3. The summed E-state index contributed by atoms with van der Waals surface area (Å²) in [4.78, 5) is 2.14. The highest BCUT2D eigenvalue weighted by atomic mass is 19.4. The van der Waals surface area contributed by atoms with E-state index in [0.29, 0.717) is 12.8 Å². The van der Waals surface area contributed by atoms with Gasteiger partial charge in [-0.15, -0.1) is 0 Å². The highest BCUT2D eigenvalue weighted by Gasteiger charge is 2.38. The van der Waals surface area contributed by atoms with Crippen molar-refractivity contribution >= 4 is 0 Å². The molecule has 0 aromatic rings. The summed E-state index contributed by atoms with van der Waals surface area (Å²) < 4.78 is 36.5. The van der Waals surface area contributed by atoms with Gasteiger partial charge in [0.15, 0.2) is 0 Å². The molecule has 16 heavy (non-hydrogen) atoms. The molecule has 96 valence electrons. The molecule has 0 aliphatic carbocycles. The van der Waals surface area contributed by atoms with Crippen LogP contribution < -0.4 is 11.1 Å². The number of nitrogens with two attached hydrogens (primary N) is 1. The Kier molecular flexibility index (Phi) is 4.20. The van der Waals surface area contributed by atoms with Crippen LogP contribution in [0.3, 0.4) is 0 Å². The van der Waals surface area contributed by atoms with Crippen LogP contribution >= 0.6 is 0 Å². The molecule has 0 bridgehead atoms. The van der Waals surface area contributed by atoms with Crippen molar-refractivity contribution in [2.24, 2.45) is 5.73 Å². The van der Waals surface area contributed by atoms with E-state index in [-0.39, 0.29) is 12.6 Å². The first-order chi connectivity index (χ1) is 7.28. The Labute approximate surface area is 94.2 Å². The van der Waals surface area contributed by atoms with Crippen LogP contribution in [0.5, 0.6) is 0 Å². The van der Waals surface area contributed by atoms with E-state index in [1.165, 1.54) is 0 Å². The average Bonchev–Trinajstić information content (AvgIpc) is 2.19. The molecule has 0 aromatic heterocycles. The van der Waals surface area contributed by atoms with Crippen LogP contribution in [0.15, 0.2) is 0 Å². The Balaban J connectivity index is 2.57. The summed E-state index contributed by atoms with van der Waals surface area (Å²) in [5.74, 6) is 0. The fourth-order valence-electron chi connectivity index (χ4n) is 2.14. The van der Waals surface area contributed by atoms with Crippen LogP contribution in [0.4, 0.5) is 13.2 Å². The molecule has 2 atom stereocenters. The number of hydrogen-bond donors (Lipinski definition) is 2. The molecule has 3 nitrogen and oxygen atoms in total. The van der Waals surface area contributed by atoms with Crippen LogP contribution in [0.25, 0.3) is 0 Å². The lowest BCUT2D eigenvalue weighted by Gasteiger charge is -2.44. The van der Waals surface area contributed by atoms with Gasteiger partial charge >= 0.3 is 6.18 Å². The van der Waals surface area contributed by atoms with Gasteiger partial charge in [0.1, 0.15) is 0 Å². The van der Waals surface area contributed by atoms with Gasteiger partial charge in [-0.25, -0.2) is 0 Å². The maximum atomic E-state index is 12.2. The van der Waals surface area contributed by atoms with Crippen LogP contribution in [0.2, 0.25) is 0 Å². The van der Waals surface area contributed by atoms with Crippen molar-refractivity contribution in [1.82, 2.24) is 10.2 Å². The van der Waals surface area contributed by atoms with Crippen molar-refractivity contribution in [3.05, 3.63) is 0 Å². The average molecular weight is 239 g/mol. The van der Waals surface area contributed by atoms with E-state index in [1.54, 1.807) is 0 Å². The molecule has 3 N–H and O–H groups in total. The molecule has 1 aliphatic heterocycles. The summed E-state index contributed by atoms with van der Waals surface area (Å²) in [6.45, 7) is 2.09. The number of piperidine rings is 1. The third kappa shape index (κ3) is 3.61. The van der Waals surface area contributed by atoms with Gasteiger partial charge in [0.2, 0.25) is 0 Å². The monoisotopic (exact) mass is 239 g/mol. The lowest BCUT2D eigenvalue weighted by Crippen LogP contribution is -2.60. The zero-order valence-corrected chi connectivity index (χ0v) is 9.77. The van der Waals surface area contributed by atoms with Crippen LogP contribution in [0, 0.1) is 0 Å². The van der Waals surface area contributed by atoms with Gasteiger partial charge in [-0.2, -0.15) is 13.2 Å². The molecule has 6 heteroatoms. The minimum Gasteiger partial charge on any atom is -0.329 e. The number of nitrogens with zero attached hydrogens (tertiary/aromatic N) is 1. The van der Waals surface area contributed by atoms with Crippen molar-refractivity contribution in [3.8, 4) is 0 Å². The summed E-state index contributed by atoms with van der Waals surface area (Å²) >= 11 is 0. The second-order valence-corrected chi connectivity index (χ2v) is 4.74. The third-order valence-electron chi connectivity index (χ3n) is 3.44. The van der Waals surface area contributed by atoms with Gasteiger partial charge in [-0.1, -0.05) is 0 Å². The molecule has 1 fully saturated rings. The van der Waals surface area contributed by atoms with E-state index in [0.717, 1.165) is 6.54 Å².